The summed E-state index contributed by atoms with van der Waals surface area (Å²) in [6, 6.07) is 0. The average Bonchev–Trinajstić information content (AvgIpc) is 3.20. The fourth-order valence-electron chi connectivity index (χ4n) is 10.4. The Balaban J connectivity index is 1.39. The normalized spacial score (nSPS) is 42.9. The highest BCUT2D eigenvalue weighted by Gasteiger charge is 2.60. The van der Waals surface area contributed by atoms with Crippen molar-refractivity contribution in [2.75, 3.05) is 13.2 Å². The minimum absolute atomic E-state index is 0.0576. The SMILES string of the molecule is CC[C@H](CC[C@@H](C)[C@H]1CCC2C3CCC4C[C@@H](OP(=O)(O)OCCN)CC[C@]4(C)C3CC[C@@]21C)C(C)C. The van der Waals surface area contributed by atoms with E-state index in [9.17, 15) is 9.46 Å². The zero-order chi connectivity index (χ0) is 27.0. The molecule has 4 fully saturated rings. The molecule has 0 aromatic heterocycles. The van der Waals surface area contributed by atoms with Gasteiger partial charge in [0, 0.05) is 6.54 Å². The van der Waals surface area contributed by atoms with Gasteiger partial charge in [0.1, 0.15) is 0 Å². The predicted octanol–water partition coefficient (Wildman–Crippen LogP) is 8.20. The first-order chi connectivity index (χ1) is 17.4. The first kappa shape index (κ1) is 30.0. The van der Waals surface area contributed by atoms with E-state index in [1.165, 1.54) is 57.8 Å². The summed E-state index contributed by atoms with van der Waals surface area (Å²) in [4.78, 5) is 10.1. The first-order valence-electron chi connectivity index (χ1n) is 15.8. The van der Waals surface area contributed by atoms with E-state index in [0.717, 1.165) is 60.7 Å². The summed E-state index contributed by atoms with van der Waals surface area (Å²) in [7, 11) is -4.02. The molecule has 6 heteroatoms. The molecule has 5 nitrogen and oxygen atoms in total. The molecule has 0 amide bonds. The Labute approximate surface area is 228 Å². The van der Waals surface area contributed by atoms with Gasteiger partial charge < -0.3 is 10.6 Å². The summed E-state index contributed by atoms with van der Waals surface area (Å²) >= 11 is 0. The second-order valence-electron chi connectivity index (χ2n) is 14.4. The molecule has 4 aliphatic carbocycles. The van der Waals surface area contributed by atoms with Gasteiger partial charge in [0.2, 0.25) is 0 Å². The monoisotopic (exact) mass is 539 g/mol. The van der Waals surface area contributed by atoms with Crippen LogP contribution in [-0.4, -0.2) is 24.1 Å². The van der Waals surface area contributed by atoms with Gasteiger partial charge in [-0.3, -0.25) is 9.05 Å². The summed E-state index contributed by atoms with van der Waals surface area (Å²) in [5.41, 5.74) is 6.30. The zero-order valence-corrected chi connectivity index (χ0v) is 25.7. The second kappa shape index (κ2) is 11.9. The van der Waals surface area contributed by atoms with Gasteiger partial charge >= 0.3 is 7.82 Å². The Morgan fingerprint density at radius 3 is 2.35 bits per heavy atom. The van der Waals surface area contributed by atoms with E-state index >= 15 is 0 Å². The van der Waals surface area contributed by atoms with Gasteiger partial charge in [-0.15, -0.1) is 0 Å². The highest BCUT2D eigenvalue weighted by Crippen LogP contribution is 2.68. The molecule has 0 aromatic carbocycles. The lowest BCUT2D eigenvalue weighted by Gasteiger charge is -2.61. The van der Waals surface area contributed by atoms with Crippen LogP contribution in [-0.2, 0) is 13.6 Å². The third kappa shape index (κ3) is 6.07. The number of phosphoric acid groups is 1. The number of fused-ring (bicyclic) bond motifs is 5. The van der Waals surface area contributed by atoms with Crippen LogP contribution in [0.3, 0.4) is 0 Å². The van der Waals surface area contributed by atoms with Crippen LogP contribution in [0.25, 0.3) is 0 Å². The lowest BCUT2D eigenvalue weighted by Crippen LogP contribution is -2.54. The van der Waals surface area contributed by atoms with E-state index in [1.54, 1.807) is 0 Å². The highest BCUT2D eigenvalue weighted by molar-refractivity contribution is 7.47. The zero-order valence-electron chi connectivity index (χ0n) is 24.8. The van der Waals surface area contributed by atoms with Crippen LogP contribution >= 0.6 is 7.82 Å². The van der Waals surface area contributed by atoms with Gasteiger partial charge in [-0.25, -0.2) is 4.57 Å². The molecule has 0 saturated heterocycles. The van der Waals surface area contributed by atoms with E-state index in [1.807, 2.05) is 0 Å². The van der Waals surface area contributed by atoms with E-state index in [4.69, 9.17) is 14.8 Å². The summed E-state index contributed by atoms with van der Waals surface area (Å²) in [5.74, 6) is 6.57. The minimum Gasteiger partial charge on any atom is -0.328 e. The van der Waals surface area contributed by atoms with Crippen LogP contribution in [0.4, 0.5) is 0 Å². The summed E-state index contributed by atoms with van der Waals surface area (Å²) < 4.78 is 23.0. The Hall–Kier alpha value is 0.0700. The van der Waals surface area contributed by atoms with Crippen LogP contribution in [0, 0.1) is 58.2 Å². The largest absolute Gasteiger partial charge is 0.472 e. The molecule has 5 unspecified atom stereocenters. The van der Waals surface area contributed by atoms with Gasteiger partial charge in [0.15, 0.2) is 0 Å². The molecule has 4 saturated carbocycles. The van der Waals surface area contributed by atoms with E-state index in [0.29, 0.717) is 16.7 Å². The maximum Gasteiger partial charge on any atom is 0.472 e. The molecular weight excluding hydrogens is 481 g/mol. The van der Waals surface area contributed by atoms with Crippen molar-refractivity contribution in [2.24, 2.45) is 63.9 Å². The maximum atomic E-state index is 12.3. The molecule has 4 rings (SSSR count). The van der Waals surface area contributed by atoms with Crippen molar-refractivity contribution in [3.05, 3.63) is 0 Å². The molecule has 0 heterocycles. The third-order valence-electron chi connectivity index (χ3n) is 12.5. The van der Waals surface area contributed by atoms with Crippen LogP contribution < -0.4 is 5.73 Å². The maximum absolute atomic E-state index is 12.3. The lowest BCUT2D eigenvalue weighted by atomic mass is 9.44. The van der Waals surface area contributed by atoms with E-state index in [-0.39, 0.29) is 19.3 Å². The van der Waals surface area contributed by atoms with E-state index in [2.05, 4.69) is 41.5 Å². The van der Waals surface area contributed by atoms with Crippen LogP contribution in [0.15, 0.2) is 0 Å². The molecule has 4 aliphatic rings. The fourth-order valence-corrected chi connectivity index (χ4v) is 11.3. The fraction of sp³-hybridized carbons (Fsp3) is 1.00. The molecule has 0 aromatic rings. The molecule has 216 valence electrons. The quantitative estimate of drug-likeness (QED) is 0.259. The van der Waals surface area contributed by atoms with Crippen LogP contribution in [0.2, 0.25) is 0 Å². The highest BCUT2D eigenvalue weighted by atomic mass is 31.2. The van der Waals surface area contributed by atoms with Gasteiger partial charge in [0.05, 0.1) is 12.7 Å². The van der Waals surface area contributed by atoms with Crippen molar-refractivity contribution in [1.82, 2.24) is 0 Å². The minimum atomic E-state index is -4.02. The molecule has 3 N–H and O–H groups in total. The van der Waals surface area contributed by atoms with Crippen molar-refractivity contribution >= 4 is 7.82 Å². The average molecular weight is 540 g/mol. The third-order valence-corrected chi connectivity index (χ3v) is 13.6. The molecule has 11 atom stereocenters. The number of hydrogen-bond donors (Lipinski definition) is 2. The molecule has 0 radical (unpaired) electrons. The van der Waals surface area contributed by atoms with Crippen molar-refractivity contribution in [3.8, 4) is 0 Å². The van der Waals surface area contributed by atoms with Crippen LogP contribution in [0.5, 0.6) is 0 Å². The van der Waals surface area contributed by atoms with Gasteiger partial charge in [-0.1, -0.05) is 54.4 Å². The summed E-state index contributed by atoms with van der Waals surface area (Å²) in [6.45, 7) is 15.3. The van der Waals surface area contributed by atoms with Gasteiger partial charge in [-0.2, -0.15) is 0 Å². The predicted molar refractivity (Wildman–Crippen MR) is 152 cm³/mol. The Bertz CT molecular complexity index is 806. The Morgan fingerprint density at radius 1 is 0.973 bits per heavy atom. The second-order valence-corrected chi connectivity index (χ2v) is 15.9. The van der Waals surface area contributed by atoms with Crippen molar-refractivity contribution < 1.29 is 18.5 Å². The number of phosphoric ester groups is 1. The van der Waals surface area contributed by atoms with Crippen molar-refractivity contribution in [2.45, 2.75) is 125 Å². The molecule has 0 spiro atoms. The Morgan fingerprint density at radius 2 is 1.68 bits per heavy atom. The number of nitrogens with two attached hydrogens (primary N) is 1. The Kier molecular flexibility index (Phi) is 9.66. The van der Waals surface area contributed by atoms with Crippen LogP contribution in [0.1, 0.15) is 119 Å². The lowest BCUT2D eigenvalue weighted by molar-refractivity contribution is -0.128. The molecule has 0 bridgehead atoms. The van der Waals surface area contributed by atoms with Gasteiger partial charge in [-0.05, 0) is 122 Å². The molecular formula is C31H58NO4P. The van der Waals surface area contributed by atoms with Crippen molar-refractivity contribution in [1.29, 1.82) is 0 Å². The van der Waals surface area contributed by atoms with Gasteiger partial charge in [0.25, 0.3) is 0 Å². The standard InChI is InChI=1S/C31H58NO4P/c1-7-23(21(2)3)9-8-22(4)27-12-13-28-26-11-10-24-20-25(36-37(33,34)35-19-18-32)14-16-30(24,5)29(26)15-17-31(27,28)6/h21-29H,7-20,32H2,1-6H3,(H,33,34)/t22-,23-,24?,25+,26?,27-,28?,29?,30+,31-/m1/s1. The first-order valence-corrected chi connectivity index (χ1v) is 17.3. The summed E-state index contributed by atoms with van der Waals surface area (Å²) in [5, 5.41) is 0. The summed E-state index contributed by atoms with van der Waals surface area (Å²) in [6.07, 6.45) is 15.1. The van der Waals surface area contributed by atoms with Crippen molar-refractivity contribution in [3.63, 3.8) is 0 Å². The van der Waals surface area contributed by atoms with E-state index < -0.39 is 7.82 Å². The molecule has 37 heavy (non-hydrogen) atoms. The smallest absolute Gasteiger partial charge is 0.328 e. The number of hydrogen-bond acceptors (Lipinski definition) is 4. The molecule has 0 aliphatic heterocycles. The topological polar surface area (TPSA) is 81.8 Å². The number of rotatable bonds is 11.